The average molecular weight is 340 g/mol. The third-order valence-electron chi connectivity index (χ3n) is 3.55. The van der Waals surface area contributed by atoms with E-state index in [9.17, 15) is 29.9 Å². The fourth-order valence-electron chi connectivity index (χ4n) is 2.22. The van der Waals surface area contributed by atoms with Crippen LogP contribution in [0.15, 0.2) is 12.1 Å². The normalized spacial score (nSPS) is 13.0. The zero-order chi connectivity index (χ0) is 18.4. The highest BCUT2D eigenvalue weighted by molar-refractivity contribution is 5.92. The number of amides is 1. The van der Waals surface area contributed by atoms with Gasteiger partial charge in [-0.2, -0.15) is 0 Å². The molecule has 9 heteroatoms. The summed E-state index contributed by atoms with van der Waals surface area (Å²) in [5, 5.41) is 33.8. The predicted octanol–water partition coefficient (Wildman–Crippen LogP) is 0.610. The summed E-state index contributed by atoms with van der Waals surface area (Å²) in [6, 6.07) is 2.16. The maximum Gasteiger partial charge on any atom is 0.338 e. The van der Waals surface area contributed by atoms with Crippen molar-refractivity contribution in [3.8, 4) is 0 Å². The molecule has 0 aliphatic heterocycles. The largest absolute Gasteiger partial charge is 0.465 e. The maximum atomic E-state index is 11.8. The average Bonchev–Trinajstić information content (AvgIpc) is 2.52. The van der Waals surface area contributed by atoms with Gasteiger partial charge in [-0.25, -0.2) is 4.79 Å². The molecule has 1 amide bonds. The van der Waals surface area contributed by atoms with E-state index in [1.165, 1.54) is 13.8 Å². The maximum absolute atomic E-state index is 11.8. The van der Waals surface area contributed by atoms with E-state index in [1.54, 1.807) is 0 Å². The first-order chi connectivity index (χ1) is 11.2. The number of non-ortho nitro benzene ring substituents is 1. The number of aliphatic hydroxyl groups excluding tert-OH is 2. The van der Waals surface area contributed by atoms with Gasteiger partial charge in [-0.05, 0) is 24.5 Å². The Bertz CT molecular complexity index is 645. The summed E-state index contributed by atoms with van der Waals surface area (Å²) < 4.78 is 4.59. The lowest BCUT2D eigenvalue weighted by molar-refractivity contribution is -0.385. The van der Waals surface area contributed by atoms with Gasteiger partial charge in [0.2, 0.25) is 5.91 Å². The van der Waals surface area contributed by atoms with Gasteiger partial charge >= 0.3 is 5.97 Å². The molecule has 0 radical (unpaired) electrons. The van der Waals surface area contributed by atoms with Gasteiger partial charge in [0.05, 0.1) is 23.7 Å². The first kappa shape index (κ1) is 19.5. The topological polar surface area (TPSA) is 139 Å². The van der Waals surface area contributed by atoms with Crippen LogP contribution in [0.2, 0.25) is 0 Å². The minimum absolute atomic E-state index is 0.0381. The molecule has 24 heavy (non-hydrogen) atoms. The van der Waals surface area contributed by atoms with Crippen LogP contribution in [-0.4, -0.2) is 46.8 Å². The molecule has 1 aromatic rings. The van der Waals surface area contributed by atoms with Crippen molar-refractivity contribution in [1.29, 1.82) is 0 Å². The molecular formula is C15H20N2O7. The van der Waals surface area contributed by atoms with Crippen LogP contribution in [0.1, 0.15) is 40.9 Å². The molecular weight excluding hydrogens is 320 g/mol. The van der Waals surface area contributed by atoms with Crippen molar-refractivity contribution in [2.75, 3.05) is 13.7 Å². The number of aliphatic hydroxyl groups is 2. The molecule has 2 unspecified atom stereocenters. The van der Waals surface area contributed by atoms with E-state index < -0.39 is 28.8 Å². The minimum atomic E-state index is -1.46. The monoisotopic (exact) mass is 340 g/mol. The third kappa shape index (κ3) is 4.74. The van der Waals surface area contributed by atoms with Crippen LogP contribution in [0.5, 0.6) is 0 Å². The summed E-state index contributed by atoms with van der Waals surface area (Å²) in [5.41, 5.74) is -0.127. The van der Waals surface area contributed by atoms with Crippen LogP contribution >= 0.6 is 0 Å². The van der Waals surface area contributed by atoms with Crippen LogP contribution in [0.4, 0.5) is 5.69 Å². The van der Waals surface area contributed by atoms with Crippen LogP contribution in [0, 0.1) is 17.0 Å². The summed E-state index contributed by atoms with van der Waals surface area (Å²) >= 11 is 0. The van der Waals surface area contributed by atoms with Gasteiger partial charge in [0.1, 0.15) is 6.10 Å². The lowest BCUT2D eigenvalue weighted by Gasteiger charge is -2.21. The molecule has 0 bridgehead atoms. The van der Waals surface area contributed by atoms with Gasteiger partial charge < -0.3 is 20.3 Å². The Morgan fingerprint density at radius 2 is 2.00 bits per heavy atom. The quantitative estimate of drug-likeness (QED) is 0.375. The summed E-state index contributed by atoms with van der Waals surface area (Å²) in [6.07, 6.45) is -2.69. The predicted molar refractivity (Wildman–Crippen MR) is 83.4 cm³/mol. The van der Waals surface area contributed by atoms with Gasteiger partial charge in [0, 0.05) is 25.6 Å². The molecule has 132 valence electrons. The number of nitrogens with zero attached hydrogens (tertiary/aromatic N) is 1. The van der Waals surface area contributed by atoms with Crippen molar-refractivity contribution in [1.82, 2.24) is 5.32 Å². The number of carbonyl (C=O) groups excluding carboxylic acids is 2. The number of esters is 1. The molecule has 9 nitrogen and oxygen atoms in total. The molecule has 0 spiro atoms. The Kier molecular flexibility index (Phi) is 6.81. The molecule has 0 saturated carbocycles. The van der Waals surface area contributed by atoms with Crippen LogP contribution in [-0.2, 0) is 9.53 Å². The van der Waals surface area contributed by atoms with E-state index in [2.05, 4.69) is 10.1 Å². The molecule has 2 atom stereocenters. The van der Waals surface area contributed by atoms with Crippen molar-refractivity contribution in [2.24, 2.45) is 0 Å². The second-order valence-electron chi connectivity index (χ2n) is 5.24. The summed E-state index contributed by atoms with van der Waals surface area (Å²) in [5.74, 6) is -1.06. The molecule has 3 N–H and O–H groups in total. The van der Waals surface area contributed by atoms with Crippen LogP contribution < -0.4 is 5.32 Å². The zero-order valence-corrected chi connectivity index (χ0v) is 13.6. The summed E-state index contributed by atoms with van der Waals surface area (Å²) in [7, 11) is 1.14. The van der Waals surface area contributed by atoms with E-state index in [0.717, 1.165) is 19.2 Å². The number of nitro groups is 1. The Morgan fingerprint density at radius 1 is 1.38 bits per heavy atom. The number of rotatable bonds is 7. The molecule has 1 aromatic carbocycles. The molecule has 0 aliphatic rings. The van der Waals surface area contributed by atoms with Gasteiger partial charge in [0.25, 0.3) is 5.69 Å². The van der Waals surface area contributed by atoms with Crippen molar-refractivity contribution < 1.29 is 29.5 Å². The molecule has 1 rings (SSSR count). The second-order valence-corrected chi connectivity index (χ2v) is 5.24. The van der Waals surface area contributed by atoms with Gasteiger partial charge in [-0.15, -0.1) is 0 Å². The lowest BCUT2D eigenvalue weighted by Crippen LogP contribution is -2.28. The van der Waals surface area contributed by atoms with Crippen molar-refractivity contribution in [3.63, 3.8) is 0 Å². The smallest absolute Gasteiger partial charge is 0.338 e. The Morgan fingerprint density at radius 3 is 2.50 bits per heavy atom. The second kappa shape index (κ2) is 8.37. The SMILES string of the molecule is COC(=O)c1cc([N+](=O)[O-])cc(C(O)C(O)CCNC(C)=O)c1C. The van der Waals surface area contributed by atoms with E-state index >= 15 is 0 Å². The standard InChI is InChI=1S/C15H20N2O7/c1-8-11(14(20)13(19)4-5-16-9(2)18)6-10(17(22)23)7-12(8)15(21)24-3/h6-7,13-14,19-20H,4-5H2,1-3H3,(H,16,18). The number of carbonyl (C=O) groups is 2. The minimum Gasteiger partial charge on any atom is -0.465 e. The highest BCUT2D eigenvalue weighted by Crippen LogP contribution is 2.29. The first-order valence-electron chi connectivity index (χ1n) is 7.16. The molecule has 0 fully saturated rings. The zero-order valence-electron chi connectivity index (χ0n) is 13.6. The number of nitro benzene ring substituents is 1. The van der Waals surface area contributed by atoms with E-state index in [4.69, 9.17) is 0 Å². The summed E-state index contributed by atoms with van der Waals surface area (Å²) in [6.45, 7) is 2.94. The molecule has 0 aromatic heterocycles. The summed E-state index contributed by atoms with van der Waals surface area (Å²) in [4.78, 5) is 32.9. The third-order valence-corrected chi connectivity index (χ3v) is 3.55. The molecule has 0 heterocycles. The molecule has 0 saturated heterocycles. The number of nitrogens with one attached hydrogen (secondary N) is 1. The van der Waals surface area contributed by atoms with Crippen molar-refractivity contribution >= 4 is 17.6 Å². The van der Waals surface area contributed by atoms with Crippen LogP contribution in [0.25, 0.3) is 0 Å². The highest BCUT2D eigenvalue weighted by Gasteiger charge is 2.26. The van der Waals surface area contributed by atoms with E-state index in [1.807, 2.05) is 0 Å². The lowest BCUT2D eigenvalue weighted by atomic mass is 9.93. The first-order valence-corrected chi connectivity index (χ1v) is 7.16. The number of hydrogen-bond acceptors (Lipinski definition) is 7. The van der Waals surface area contributed by atoms with Gasteiger partial charge in [0.15, 0.2) is 0 Å². The van der Waals surface area contributed by atoms with Gasteiger partial charge in [-0.3, -0.25) is 14.9 Å². The Balaban J connectivity index is 3.16. The fourth-order valence-corrected chi connectivity index (χ4v) is 2.22. The van der Waals surface area contributed by atoms with Gasteiger partial charge in [-0.1, -0.05) is 0 Å². The number of methoxy groups -OCH3 is 1. The Hall–Kier alpha value is -2.52. The van der Waals surface area contributed by atoms with E-state index in [0.29, 0.717) is 0 Å². The van der Waals surface area contributed by atoms with Crippen molar-refractivity contribution in [2.45, 2.75) is 32.5 Å². The van der Waals surface area contributed by atoms with Crippen LogP contribution in [0.3, 0.4) is 0 Å². The Labute approximate surface area is 138 Å². The number of benzene rings is 1. The molecule has 0 aliphatic carbocycles. The van der Waals surface area contributed by atoms with Crippen molar-refractivity contribution in [3.05, 3.63) is 38.9 Å². The van der Waals surface area contributed by atoms with E-state index in [-0.39, 0.29) is 35.6 Å². The fraction of sp³-hybridized carbons (Fsp3) is 0.467. The highest BCUT2D eigenvalue weighted by atomic mass is 16.6. The number of ether oxygens (including phenoxy) is 1. The number of hydrogen-bond donors (Lipinski definition) is 3.